The summed E-state index contributed by atoms with van der Waals surface area (Å²) in [5.41, 5.74) is 0.470. The highest BCUT2D eigenvalue weighted by atomic mass is 35.5. The minimum atomic E-state index is -0.508. The van der Waals surface area contributed by atoms with E-state index in [9.17, 15) is 4.79 Å². The highest BCUT2D eigenvalue weighted by Gasteiger charge is 2.25. The van der Waals surface area contributed by atoms with Gasteiger partial charge in [-0.2, -0.15) is 0 Å². The molecule has 16 heavy (non-hydrogen) atoms. The third-order valence-electron chi connectivity index (χ3n) is 2.37. The van der Waals surface area contributed by atoms with Crippen LogP contribution in [0.1, 0.15) is 19.5 Å². The molecule has 0 aliphatic rings. The van der Waals surface area contributed by atoms with Gasteiger partial charge < -0.3 is 9.88 Å². The lowest BCUT2D eigenvalue weighted by atomic mass is 9.95. The molecule has 1 amide bonds. The summed E-state index contributed by atoms with van der Waals surface area (Å²) >= 11 is 5.71. The van der Waals surface area contributed by atoms with Gasteiger partial charge >= 0.3 is 0 Å². The average Bonchev–Trinajstić information content (AvgIpc) is 2.64. The number of alkyl halides is 1. The third-order valence-corrected chi connectivity index (χ3v) is 3.04. The van der Waals surface area contributed by atoms with Crippen LogP contribution in [0.2, 0.25) is 0 Å². The lowest BCUT2D eigenvalue weighted by Crippen LogP contribution is -2.39. The Bertz CT molecular complexity index is 360. The van der Waals surface area contributed by atoms with Crippen LogP contribution in [0.5, 0.6) is 0 Å². The first kappa shape index (κ1) is 13.0. The Morgan fingerprint density at radius 3 is 2.81 bits per heavy atom. The van der Waals surface area contributed by atoms with Gasteiger partial charge in [0.2, 0.25) is 5.91 Å². The standard InChI is InChI=1S/C11H18ClN3O/c1-11(2,7-12)10(16)13-5-4-9-6-15(3)8-14-9/h6,8H,4-5,7H2,1-3H3,(H,13,16). The van der Waals surface area contributed by atoms with E-state index in [-0.39, 0.29) is 5.91 Å². The predicted octanol–water partition coefficient (Wildman–Crippen LogP) is 1.34. The zero-order valence-electron chi connectivity index (χ0n) is 9.96. The Kier molecular flexibility index (Phi) is 4.35. The van der Waals surface area contributed by atoms with Crippen molar-refractivity contribution < 1.29 is 4.79 Å². The maximum Gasteiger partial charge on any atom is 0.226 e. The minimum Gasteiger partial charge on any atom is -0.355 e. The van der Waals surface area contributed by atoms with Crippen LogP contribution < -0.4 is 5.32 Å². The van der Waals surface area contributed by atoms with Gasteiger partial charge in [-0.3, -0.25) is 4.79 Å². The zero-order valence-corrected chi connectivity index (χ0v) is 10.7. The molecule has 0 saturated carbocycles. The quantitative estimate of drug-likeness (QED) is 0.794. The molecule has 0 radical (unpaired) electrons. The maximum atomic E-state index is 11.7. The summed E-state index contributed by atoms with van der Waals surface area (Å²) in [7, 11) is 1.92. The van der Waals surface area contributed by atoms with Gasteiger partial charge in [0.25, 0.3) is 0 Å². The number of nitrogens with zero attached hydrogens (tertiary/aromatic N) is 2. The number of imidazole rings is 1. The summed E-state index contributed by atoms with van der Waals surface area (Å²) in [6, 6.07) is 0. The molecule has 1 aromatic heterocycles. The van der Waals surface area contributed by atoms with Crippen molar-refractivity contribution in [3.63, 3.8) is 0 Å². The number of halogens is 1. The number of aromatic nitrogens is 2. The third kappa shape index (κ3) is 3.52. The molecular formula is C11H18ClN3O. The summed E-state index contributed by atoms with van der Waals surface area (Å²) in [5.74, 6) is 0.307. The molecule has 0 bridgehead atoms. The minimum absolute atomic E-state index is 0.0153. The fourth-order valence-electron chi connectivity index (χ4n) is 1.20. The van der Waals surface area contributed by atoms with Crippen LogP contribution in [0.3, 0.4) is 0 Å². The van der Waals surface area contributed by atoms with Crippen LogP contribution in [0.4, 0.5) is 0 Å². The van der Waals surface area contributed by atoms with Crippen molar-refractivity contribution in [1.82, 2.24) is 14.9 Å². The molecule has 90 valence electrons. The summed E-state index contributed by atoms with van der Waals surface area (Å²) in [5, 5.41) is 2.86. The van der Waals surface area contributed by atoms with Crippen molar-refractivity contribution in [3.8, 4) is 0 Å². The normalized spacial score (nSPS) is 11.5. The van der Waals surface area contributed by atoms with Crippen molar-refractivity contribution >= 4 is 17.5 Å². The van der Waals surface area contributed by atoms with Crippen LogP contribution in [0.15, 0.2) is 12.5 Å². The van der Waals surface area contributed by atoms with Crippen molar-refractivity contribution in [1.29, 1.82) is 0 Å². The van der Waals surface area contributed by atoms with Gasteiger partial charge in [0.15, 0.2) is 0 Å². The first-order chi connectivity index (χ1) is 7.45. The lowest BCUT2D eigenvalue weighted by molar-refractivity contribution is -0.128. The lowest BCUT2D eigenvalue weighted by Gasteiger charge is -2.20. The van der Waals surface area contributed by atoms with Crippen molar-refractivity contribution in [2.24, 2.45) is 12.5 Å². The van der Waals surface area contributed by atoms with E-state index in [4.69, 9.17) is 11.6 Å². The van der Waals surface area contributed by atoms with Gasteiger partial charge in [-0.1, -0.05) is 0 Å². The van der Waals surface area contributed by atoms with Crippen molar-refractivity contribution in [2.75, 3.05) is 12.4 Å². The van der Waals surface area contributed by atoms with Gasteiger partial charge in [-0.15, -0.1) is 11.6 Å². The molecule has 0 saturated heterocycles. The molecule has 5 heteroatoms. The number of carbonyl (C=O) groups is 1. The number of aryl methyl sites for hydroxylation is 1. The van der Waals surface area contributed by atoms with Gasteiger partial charge in [-0.05, 0) is 13.8 Å². The Balaban J connectivity index is 2.33. The molecule has 0 fully saturated rings. The van der Waals surface area contributed by atoms with Crippen LogP contribution in [-0.4, -0.2) is 27.9 Å². The number of rotatable bonds is 5. The monoisotopic (exact) mass is 243 g/mol. The fourth-order valence-corrected chi connectivity index (χ4v) is 1.32. The number of amides is 1. The van der Waals surface area contributed by atoms with E-state index < -0.39 is 5.41 Å². The molecule has 0 aromatic carbocycles. The Hall–Kier alpha value is -1.03. The molecule has 1 rings (SSSR count). The van der Waals surface area contributed by atoms with E-state index in [0.29, 0.717) is 12.4 Å². The Morgan fingerprint density at radius 1 is 1.62 bits per heavy atom. The molecular weight excluding hydrogens is 226 g/mol. The van der Waals surface area contributed by atoms with E-state index >= 15 is 0 Å². The number of hydrogen-bond donors (Lipinski definition) is 1. The van der Waals surface area contributed by atoms with E-state index in [1.54, 1.807) is 6.33 Å². The molecule has 0 atom stereocenters. The number of nitrogens with one attached hydrogen (secondary N) is 1. The highest BCUT2D eigenvalue weighted by Crippen LogP contribution is 2.16. The Labute approximate surface area is 101 Å². The first-order valence-corrected chi connectivity index (χ1v) is 5.80. The second-order valence-electron chi connectivity index (χ2n) is 4.55. The topological polar surface area (TPSA) is 46.9 Å². The van der Waals surface area contributed by atoms with Gasteiger partial charge in [-0.25, -0.2) is 4.98 Å². The molecule has 0 spiro atoms. The van der Waals surface area contributed by atoms with Crippen LogP contribution in [-0.2, 0) is 18.3 Å². The highest BCUT2D eigenvalue weighted by molar-refractivity contribution is 6.19. The van der Waals surface area contributed by atoms with Crippen LogP contribution in [0, 0.1) is 5.41 Å². The zero-order chi connectivity index (χ0) is 12.2. The van der Waals surface area contributed by atoms with Crippen LogP contribution >= 0.6 is 11.6 Å². The fraction of sp³-hybridized carbons (Fsp3) is 0.636. The molecule has 0 aliphatic heterocycles. The van der Waals surface area contributed by atoms with Crippen LogP contribution in [0.25, 0.3) is 0 Å². The van der Waals surface area contributed by atoms with Gasteiger partial charge in [0, 0.05) is 32.1 Å². The molecule has 1 N–H and O–H groups in total. The second-order valence-corrected chi connectivity index (χ2v) is 4.82. The Morgan fingerprint density at radius 2 is 2.31 bits per heavy atom. The first-order valence-electron chi connectivity index (χ1n) is 5.27. The number of hydrogen-bond acceptors (Lipinski definition) is 2. The summed E-state index contributed by atoms with van der Waals surface area (Å²) in [6.45, 7) is 4.25. The van der Waals surface area contributed by atoms with E-state index in [1.165, 1.54) is 0 Å². The van der Waals surface area contributed by atoms with Crippen molar-refractivity contribution in [2.45, 2.75) is 20.3 Å². The van der Waals surface area contributed by atoms with E-state index in [1.807, 2.05) is 31.7 Å². The molecule has 1 aromatic rings. The van der Waals surface area contributed by atoms with Gasteiger partial charge in [0.05, 0.1) is 17.4 Å². The average molecular weight is 244 g/mol. The summed E-state index contributed by atoms with van der Waals surface area (Å²) in [6.07, 6.45) is 4.43. The SMILES string of the molecule is Cn1cnc(CCNC(=O)C(C)(C)CCl)c1. The van der Waals surface area contributed by atoms with Crippen molar-refractivity contribution in [3.05, 3.63) is 18.2 Å². The summed E-state index contributed by atoms with van der Waals surface area (Å²) in [4.78, 5) is 15.9. The maximum absolute atomic E-state index is 11.7. The largest absolute Gasteiger partial charge is 0.355 e. The summed E-state index contributed by atoms with van der Waals surface area (Å²) < 4.78 is 1.89. The molecule has 0 aliphatic carbocycles. The van der Waals surface area contributed by atoms with E-state index in [2.05, 4.69) is 10.3 Å². The van der Waals surface area contributed by atoms with E-state index in [0.717, 1.165) is 12.1 Å². The predicted molar refractivity (Wildman–Crippen MR) is 64.4 cm³/mol. The molecule has 4 nitrogen and oxygen atoms in total. The molecule has 1 heterocycles. The molecule has 0 unspecified atom stereocenters. The second kappa shape index (κ2) is 5.34. The number of carbonyl (C=O) groups excluding carboxylic acids is 1. The smallest absolute Gasteiger partial charge is 0.226 e. The van der Waals surface area contributed by atoms with Gasteiger partial charge in [0.1, 0.15) is 0 Å².